The molecule has 7 nitrogen and oxygen atoms in total. The van der Waals surface area contributed by atoms with Gasteiger partial charge in [-0.1, -0.05) is 36.4 Å². The van der Waals surface area contributed by atoms with Crippen LogP contribution in [0.3, 0.4) is 0 Å². The summed E-state index contributed by atoms with van der Waals surface area (Å²) in [6, 6.07) is 13.2. The van der Waals surface area contributed by atoms with E-state index in [2.05, 4.69) is 17.4 Å². The van der Waals surface area contributed by atoms with Crippen LogP contribution in [0.2, 0.25) is 0 Å². The molecular formula is C27H34N4O3S. The Kier molecular flexibility index (Phi) is 7.48. The summed E-state index contributed by atoms with van der Waals surface area (Å²) in [6.07, 6.45) is 4.06. The number of nitrogens with zero attached hydrogens (tertiary/aromatic N) is 3. The average molecular weight is 495 g/mol. The van der Waals surface area contributed by atoms with Crippen molar-refractivity contribution in [3.63, 3.8) is 0 Å². The van der Waals surface area contributed by atoms with Gasteiger partial charge in [-0.2, -0.15) is 0 Å². The van der Waals surface area contributed by atoms with E-state index in [4.69, 9.17) is 0 Å². The molecule has 8 heteroatoms. The topological polar surface area (TPSA) is 73.0 Å². The third kappa shape index (κ3) is 5.59. The lowest BCUT2D eigenvalue weighted by molar-refractivity contribution is -0.136. The van der Waals surface area contributed by atoms with Crippen LogP contribution in [0.25, 0.3) is 0 Å². The molecule has 0 radical (unpaired) electrons. The SMILES string of the molecule is O=C(C1CC(N(CCc2ccccc2)C(=O)C2CC2)CN1C(=O)c1cccs1)N1CCCNCC1. The number of hydrogen-bond donors (Lipinski definition) is 1. The standard InChI is InChI=1S/C27H34N4O3S/c32-25(21-9-10-21)30(15-11-20-6-2-1-3-7-20)22-18-23(26(33)29-14-5-12-28-13-16-29)31(19-22)27(34)24-8-4-17-35-24/h1-4,6-8,17,21-23,28H,5,9-16,18-19H2. The molecule has 1 aromatic carbocycles. The van der Waals surface area contributed by atoms with Crippen molar-refractivity contribution in [3.8, 4) is 0 Å². The maximum absolute atomic E-state index is 13.7. The number of hydrogen-bond acceptors (Lipinski definition) is 5. The first kappa shape index (κ1) is 24.0. The molecule has 186 valence electrons. The van der Waals surface area contributed by atoms with Crippen LogP contribution in [0.5, 0.6) is 0 Å². The lowest BCUT2D eigenvalue weighted by Gasteiger charge is -2.29. The van der Waals surface area contributed by atoms with E-state index < -0.39 is 6.04 Å². The molecule has 3 amide bonds. The fourth-order valence-corrected chi connectivity index (χ4v) is 5.93. The molecule has 3 aliphatic rings. The van der Waals surface area contributed by atoms with Gasteiger partial charge in [-0.15, -0.1) is 11.3 Å². The fraction of sp³-hybridized carbons (Fsp3) is 0.519. The Balaban J connectivity index is 1.38. The van der Waals surface area contributed by atoms with Crippen LogP contribution < -0.4 is 5.32 Å². The Morgan fingerprint density at radius 3 is 2.60 bits per heavy atom. The number of rotatable bonds is 7. The lowest BCUT2D eigenvalue weighted by Crippen LogP contribution is -2.48. The van der Waals surface area contributed by atoms with Crippen LogP contribution in [0, 0.1) is 5.92 Å². The summed E-state index contributed by atoms with van der Waals surface area (Å²) in [5.74, 6) is 0.193. The van der Waals surface area contributed by atoms with Crippen molar-refractivity contribution >= 4 is 29.1 Å². The Labute approximate surface area is 211 Å². The molecule has 2 atom stereocenters. The van der Waals surface area contributed by atoms with Gasteiger partial charge in [0.2, 0.25) is 11.8 Å². The second-order valence-electron chi connectivity index (χ2n) is 9.81. The predicted octanol–water partition coefficient (Wildman–Crippen LogP) is 2.63. The summed E-state index contributed by atoms with van der Waals surface area (Å²) in [6.45, 7) is 4.04. The van der Waals surface area contributed by atoms with Gasteiger partial charge in [0.15, 0.2) is 0 Å². The number of likely N-dealkylation sites (tertiary alicyclic amines) is 1. The maximum atomic E-state index is 13.7. The molecule has 2 saturated heterocycles. The number of amides is 3. The minimum Gasteiger partial charge on any atom is -0.340 e. The number of thiophene rings is 1. The van der Waals surface area contributed by atoms with Crippen molar-refractivity contribution in [1.82, 2.24) is 20.0 Å². The van der Waals surface area contributed by atoms with Gasteiger partial charge in [0.05, 0.1) is 10.9 Å². The van der Waals surface area contributed by atoms with Crippen LogP contribution >= 0.6 is 11.3 Å². The Morgan fingerprint density at radius 2 is 1.86 bits per heavy atom. The smallest absolute Gasteiger partial charge is 0.264 e. The molecule has 2 unspecified atom stereocenters. The second-order valence-corrected chi connectivity index (χ2v) is 10.8. The van der Waals surface area contributed by atoms with Gasteiger partial charge in [-0.3, -0.25) is 14.4 Å². The van der Waals surface area contributed by atoms with Crippen molar-refractivity contribution in [2.45, 2.75) is 44.2 Å². The van der Waals surface area contributed by atoms with E-state index in [9.17, 15) is 14.4 Å². The molecule has 0 spiro atoms. The van der Waals surface area contributed by atoms with Gasteiger partial charge in [-0.05, 0) is 55.7 Å². The summed E-state index contributed by atoms with van der Waals surface area (Å²) >= 11 is 1.40. The average Bonchev–Trinajstić information content (AvgIpc) is 3.52. The number of carbonyl (C=O) groups is 3. The molecule has 0 bridgehead atoms. The quantitative estimate of drug-likeness (QED) is 0.642. The molecule has 1 N–H and O–H groups in total. The van der Waals surface area contributed by atoms with E-state index in [0.29, 0.717) is 37.5 Å². The summed E-state index contributed by atoms with van der Waals surface area (Å²) in [7, 11) is 0. The van der Waals surface area contributed by atoms with Crippen LogP contribution in [0.1, 0.15) is 40.9 Å². The van der Waals surface area contributed by atoms with Crippen LogP contribution in [-0.2, 0) is 16.0 Å². The fourth-order valence-electron chi connectivity index (χ4n) is 5.25. The van der Waals surface area contributed by atoms with E-state index in [0.717, 1.165) is 38.8 Å². The molecule has 1 aromatic heterocycles. The van der Waals surface area contributed by atoms with E-state index in [1.807, 2.05) is 45.5 Å². The minimum absolute atomic E-state index is 0.0167. The normalized spacial score (nSPS) is 22.6. The highest BCUT2D eigenvalue weighted by molar-refractivity contribution is 7.12. The van der Waals surface area contributed by atoms with Gasteiger partial charge in [0, 0.05) is 38.6 Å². The van der Waals surface area contributed by atoms with Gasteiger partial charge in [0.25, 0.3) is 5.91 Å². The number of carbonyl (C=O) groups excluding carboxylic acids is 3. The molecule has 1 saturated carbocycles. The highest BCUT2D eigenvalue weighted by atomic mass is 32.1. The Hall–Kier alpha value is -2.71. The first-order valence-electron chi connectivity index (χ1n) is 12.8. The molecular weight excluding hydrogens is 460 g/mol. The van der Waals surface area contributed by atoms with Crippen LogP contribution in [0.15, 0.2) is 47.8 Å². The largest absolute Gasteiger partial charge is 0.340 e. The summed E-state index contributed by atoms with van der Waals surface area (Å²) in [4.78, 5) is 46.8. The zero-order valence-electron chi connectivity index (χ0n) is 20.1. The van der Waals surface area contributed by atoms with E-state index >= 15 is 0 Å². The summed E-state index contributed by atoms with van der Waals surface area (Å²) in [5.41, 5.74) is 1.19. The summed E-state index contributed by atoms with van der Waals surface area (Å²) < 4.78 is 0. The monoisotopic (exact) mass is 494 g/mol. The zero-order valence-corrected chi connectivity index (χ0v) is 20.9. The van der Waals surface area contributed by atoms with Crippen molar-refractivity contribution in [2.24, 2.45) is 5.92 Å². The van der Waals surface area contributed by atoms with Gasteiger partial charge < -0.3 is 20.0 Å². The molecule has 5 rings (SSSR count). The minimum atomic E-state index is -0.529. The molecule has 2 aliphatic heterocycles. The number of nitrogens with one attached hydrogen (secondary N) is 1. The Morgan fingerprint density at radius 1 is 1.03 bits per heavy atom. The third-order valence-electron chi connectivity index (χ3n) is 7.34. The highest BCUT2D eigenvalue weighted by Gasteiger charge is 2.46. The van der Waals surface area contributed by atoms with E-state index in [1.54, 1.807) is 4.90 Å². The van der Waals surface area contributed by atoms with E-state index in [-0.39, 0.29) is 29.7 Å². The first-order chi connectivity index (χ1) is 17.1. The highest BCUT2D eigenvalue weighted by Crippen LogP contribution is 2.34. The lowest BCUT2D eigenvalue weighted by atomic mass is 10.1. The molecule has 1 aliphatic carbocycles. The Bertz CT molecular complexity index is 1020. The van der Waals surface area contributed by atoms with Gasteiger partial charge in [0.1, 0.15) is 6.04 Å². The molecule has 3 heterocycles. The number of benzene rings is 1. The van der Waals surface area contributed by atoms with Crippen molar-refractivity contribution in [3.05, 3.63) is 58.3 Å². The molecule has 2 aromatic rings. The van der Waals surface area contributed by atoms with Crippen molar-refractivity contribution in [1.29, 1.82) is 0 Å². The maximum Gasteiger partial charge on any atom is 0.264 e. The van der Waals surface area contributed by atoms with Crippen LogP contribution in [0.4, 0.5) is 0 Å². The van der Waals surface area contributed by atoms with Gasteiger partial charge >= 0.3 is 0 Å². The third-order valence-corrected chi connectivity index (χ3v) is 8.20. The van der Waals surface area contributed by atoms with Crippen molar-refractivity contribution in [2.75, 3.05) is 39.3 Å². The van der Waals surface area contributed by atoms with Gasteiger partial charge in [-0.25, -0.2) is 0 Å². The summed E-state index contributed by atoms with van der Waals surface area (Å²) in [5, 5.41) is 5.24. The van der Waals surface area contributed by atoms with Crippen molar-refractivity contribution < 1.29 is 14.4 Å². The van der Waals surface area contributed by atoms with E-state index in [1.165, 1.54) is 16.9 Å². The molecule has 35 heavy (non-hydrogen) atoms. The zero-order chi connectivity index (χ0) is 24.2. The molecule has 3 fully saturated rings. The van der Waals surface area contributed by atoms with Crippen LogP contribution in [-0.4, -0.2) is 83.8 Å². The second kappa shape index (κ2) is 10.9. The first-order valence-corrected chi connectivity index (χ1v) is 13.7. The predicted molar refractivity (Wildman–Crippen MR) is 136 cm³/mol.